The number of urea groups is 1. The SMILES string of the molecule is COc1ccc(C2NC(=O)N(CCCOC(C)C)C(C)=C2c2nc(-c3ccc(C)cc3)no2)cc1. The molecule has 0 fully saturated rings. The van der Waals surface area contributed by atoms with Crippen molar-refractivity contribution in [3.05, 3.63) is 71.2 Å². The van der Waals surface area contributed by atoms with Gasteiger partial charge in [-0.25, -0.2) is 4.79 Å². The molecule has 2 aromatic carbocycles. The highest BCUT2D eigenvalue weighted by Crippen LogP contribution is 2.37. The first-order valence-electron chi connectivity index (χ1n) is 11.8. The molecular formula is C27H32N4O4. The van der Waals surface area contributed by atoms with Crippen LogP contribution in [-0.2, 0) is 4.74 Å². The third-order valence-corrected chi connectivity index (χ3v) is 5.99. The number of hydrogen-bond acceptors (Lipinski definition) is 6. The van der Waals surface area contributed by atoms with Gasteiger partial charge in [-0.1, -0.05) is 47.1 Å². The number of rotatable bonds is 9. The van der Waals surface area contributed by atoms with E-state index in [1.54, 1.807) is 12.0 Å². The predicted octanol–water partition coefficient (Wildman–Crippen LogP) is 5.37. The van der Waals surface area contributed by atoms with Crippen LogP contribution in [0.4, 0.5) is 4.79 Å². The molecule has 4 rings (SSSR count). The van der Waals surface area contributed by atoms with Crippen molar-refractivity contribution in [2.75, 3.05) is 20.3 Å². The largest absolute Gasteiger partial charge is 0.497 e. The first-order valence-corrected chi connectivity index (χ1v) is 11.8. The molecule has 1 unspecified atom stereocenters. The first kappa shape index (κ1) is 24.5. The molecule has 1 aliphatic rings. The lowest BCUT2D eigenvalue weighted by Crippen LogP contribution is -2.46. The summed E-state index contributed by atoms with van der Waals surface area (Å²) in [5.41, 5.74) is 4.46. The maximum absolute atomic E-state index is 13.1. The van der Waals surface area contributed by atoms with Crippen molar-refractivity contribution in [1.82, 2.24) is 20.4 Å². The molecule has 1 N–H and O–H groups in total. The Labute approximate surface area is 205 Å². The highest BCUT2D eigenvalue weighted by atomic mass is 16.5. The van der Waals surface area contributed by atoms with Crippen LogP contribution in [0.25, 0.3) is 17.0 Å². The van der Waals surface area contributed by atoms with Crippen LogP contribution >= 0.6 is 0 Å². The third kappa shape index (κ3) is 5.54. The Morgan fingerprint density at radius 3 is 2.46 bits per heavy atom. The van der Waals surface area contributed by atoms with Gasteiger partial charge in [-0.3, -0.25) is 4.90 Å². The summed E-state index contributed by atoms with van der Waals surface area (Å²) >= 11 is 0. The topological polar surface area (TPSA) is 89.7 Å². The molecule has 184 valence electrons. The van der Waals surface area contributed by atoms with E-state index in [1.165, 1.54) is 0 Å². The van der Waals surface area contributed by atoms with Crippen LogP contribution in [0.3, 0.4) is 0 Å². The highest BCUT2D eigenvalue weighted by molar-refractivity contribution is 5.86. The van der Waals surface area contributed by atoms with Gasteiger partial charge in [0.1, 0.15) is 5.75 Å². The average molecular weight is 477 g/mol. The number of hydrogen-bond donors (Lipinski definition) is 1. The number of carbonyl (C=O) groups is 1. The van der Waals surface area contributed by atoms with Crippen LogP contribution in [-0.4, -0.2) is 47.4 Å². The second-order valence-corrected chi connectivity index (χ2v) is 8.87. The molecule has 1 atom stereocenters. The van der Waals surface area contributed by atoms with Crippen molar-refractivity contribution in [2.45, 2.75) is 46.3 Å². The van der Waals surface area contributed by atoms with Gasteiger partial charge in [-0.2, -0.15) is 4.98 Å². The number of nitrogens with zero attached hydrogens (tertiary/aromatic N) is 3. The molecule has 0 saturated heterocycles. The number of amides is 2. The minimum atomic E-state index is -0.442. The zero-order valence-corrected chi connectivity index (χ0v) is 20.9. The molecule has 0 radical (unpaired) electrons. The van der Waals surface area contributed by atoms with E-state index in [-0.39, 0.29) is 12.1 Å². The van der Waals surface area contributed by atoms with E-state index in [9.17, 15) is 4.79 Å². The fourth-order valence-electron chi connectivity index (χ4n) is 4.07. The summed E-state index contributed by atoms with van der Waals surface area (Å²) in [7, 11) is 1.62. The molecule has 2 amide bonds. The Bertz CT molecular complexity index is 1180. The van der Waals surface area contributed by atoms with E-state index in [0.29, 0.717) is 31.3 Å². The molecular weight excluding hydrogens is 444 g/mol. The summed E-state index contributed by atoms with van der Waals surface area (Å²) in [6.07, 6.45) is 0.859. The molecule has 8 nitrogen and oxygen atoms in total. The van der Waals surface area contributed by atoms with Crippen molar-refractivity contribution in [1.29, 1.82) is 0 Å². The van der Waals surface area contributed by atoms with Gasteiger partial charge in [-0.15, -0.1) is 0 Å². The normalized spacial score (nSPS) is 16.1. The van der Waals surface area contributed by atoms with Crippen LogP contribution in [0.2, 0.25) is 0 Å². The third-order valence-electron chi connectivity index (χ3n) is 5.99. The van der Waals surface area contributed by atoms with Crippen molar-refractivity contribution in [2.24, 2.45) is 0 Å². The Morgan fingerprint density at radius 2 is 1.80 bits per heavy atom. The summed E-state index contributed by atoms with van der Waals surface area (Å²) in [5.74, 6) is 1.62. The molecule has 1 aliphatic heterocycles. The number of nitrogens with one attached hydrogen (secondary N) is 1. The first-order chi connectivity index (χ1) is 16.9. The quantitative estimate of drug-likeness (QED) is 0.418. The van der Waals surface area contributed by atoms with Gasteiger partial charge in [0.15, 0.2) is 0 Å². The molecule has 35 heavy (non-hydrogen) atoms. The zero-order chi connectivity index (χ0) is 24.9. The molecule has 3 aromatic rings. The summed E-state index contributed by atoms with van der Waals surface area (Å²) in [5, 5.41) is 7.35. The molecule has 0 saturated carbocycles. The van der Waals surface area contributed by atoms with Gasteiger partial charge in [0.05, 0.1) is 24.8 Å². The van der Waals surface area contributed by atoms with E-state index in [1.807, 2.05) is 76.2 Å². The van der Waals surface area contributed by atoms with Gasteiger partial charge in [0.2, 0.25) is 5.82 Å². The number of ether oxygens (including phenoxy) is 2. The Balaban J connectivity index is 1.70. The van der Waals surface area contributed by atoms with E-state index < -0.39 is 6.04 Å². The number of benzene rings is 2. The van der Waals surface area contributed by atoms with Crippen molar-refractivity contribution >= 4 is 11.6 Å². The van der Waals surface area contributed by atoms with Gasteiger partial charge < -0.3 is 19.3 Å². The Morgan fingerprint density at radius 1 is 1.09 bits per heavy atom. The number of methoxy groups -OCH3 is 1. The molecule has 8 heteroatoms. The minimum absolute atomic E-state index is 0.149. The number of carbonyl (C=O) groups excluding carboxylic acids is 1. The van der Waals surface area contributed by atoms with Crippen LogP contribution < -0.4 is 10.1 Å². The molecule has 0 aliphatic carbocycles. The molecule has 2 heterocycles. The summed E-state index contributed by atoms with van der Waals surface area (Å²) in [4.78, 5) is 19.6. The summed E-state index contributed by atoms with van der Waals surface area (Å²) in [6.45, 7) is 9.04. The molecule has 0 spiro atoms. The van der Waals surface area contributed by atoms with Gasteiger partial charge in [0, 0.05) is 24.4 Å². The second-order valence-electron chi connectivity index (χ2n) is 8.87. The molecule has 1 aromatic heterocycles. The lowest BCUT2D eigenvalue weighted by Gasteiger charge is -2.35. The van der Waals surface area contributed by atoms with E-state index in [4.69, 9.17) is 19.0 Å². The molecule has 0 bridgehead atoms. The number of aryl methyl sites for hydroxylation is 1. The summed E-state index contributed by atoms with van der Waals surface area (Å²) in [6, 6.07) is 14.9. The fraction of sp³-hybridized carbons (Fsp3) is 0.370. The van der Waals surface area contributed by atoms with Crippen molar-refractivity contribution < 1.29 is 18.8 Å². The Hall–Kier alpha value is -3.65. The smallest absolute Gasteiger partial charge is 0.322 e. The second kappa shape index (κ2) is 10.7. The Kier molecular flexibility index (Phi) is 7.51. The van der Waals surface area contributed by atoms with Gasteiger partial charge in [-0.05, 0) is 51.8 Å². The lowest BCUT2D eigenvalue weighted by atomic mass is 9.94. The minimum Gasteiger partial charge on any atom is -0.497 e. The van der Waals surface area contributed by atoms with Crippen LogP contribution in [0.1, 0.15) is 50.3 Å². The van der Waals surface area contributed by atoms with Crippen LogP contribution in [0.15, 0.2) is 58.8 Å². The summed E-state index contributed by atoms with van der Waals surface area (Å²) < 4.78 is 16.7. The average Bonchev–Trinajstić information content (AvgIpc) is 3.33. The van der Waals surface area contributed by atoms with Crippen molar-refractivity contribution in [3.8, 4) is 17.1 Å². The van der Waals surface area contributed by atoms with Crippen LogP contribution in [0.5, 0.6) is 5.75 Å². The maximum atomic E-state index is 13.1. The monoisotopic (exact) mass is 476 g/mol. The zero-order valence-electron chi connectivity index (χ0n) is 20.9. The number of aromatic nitrogens is 2. The highest BCUT2D eigenvalue weighted by Gasteiger charge is 2.35. The van der Waals surface area contributed by atoms with E-state index in [0.717, 1.165) is 33.7 Å². The predicted molar refractivity (Wildman–Crippen MR) is 134 cm³/mol. The number of allylic oxidation sites excluding steroid dienone is 1. The standard InChI is InChI=1S/C27H32N4O4/c1-17(2)34-16-6-15-31-19(4)23(24(28-27(31)32)20-11-13-22(33-5)14-12-20)26-29-25(30-35-26)21-9-7-18(3)8-10-21/h7-14,17,24H,6,15-16H2,1-5H3,(H,28,32). The van der Waals surface area contributed by atoms with E-state index in [2.05, 4.69) is 10.5 Å². The van der Waals surface area contributed by atoms with Crippen molar-refractivity contribution in [3.63, 3.8) is 0 Å². The van der Waals surface area contributed by atoms with Gasteiger partial charge >= 0.3 is 6.03 Å². The van der Waals surface area contributed by atoms with Crippen LogP contribution in [0, 0.1) is 6.92 Å². The fourth-order valence-corrected chi connectivity index (χ4v) is 4.07. The van der Waals surface area contributed by atoms with Gasteiger partial charge in [0.25, 0.3) is 5.89 Å². The lowest BCUT2D eigenvalue weighted by molar-refractivity contribution is 0.0736. The maximum Gasteiger partial charge on any atom is 0.322 e. The van der Waals surface area contributed by atoms with E-state index >= 15 is 0 Å².